The van der Waals surface area contributed by atoms with Crippen molar-refractivity contribution in [1.82, 2.24) is 20.9 Å². The van der Waals surface area contributed by atoms with Gasteiger partial charge in [-0.05, 0) is 50.3 Å². The number of amides is 3. The Morgan fingerprint density at radius 1 is 1.13 bits per heavy atom. The van der Waals surface area contributed by atoms with Crippen LogP contribution in [0.4, 0.5) is 4.79 Å². The highest BCUT2D eigenvalue weighted by Crippen LogP contribution is 2.29. The Hall–Kier alpha value is -2.87. The molecular formula is C22H28N4O4. The first-order valence-electron chi connectivity index (χ1n) is 10.6. The zero-order chi connectivity index (χ0) is 21.1. The van der Waals surface area contributed by atoms with Crippen LogP contribution in [0.25, 0.3) is 0 Å². The SMILES string of the molecule is CCOC(=O)C1=C(CN(Cc2ccc(C(=O)NC3CC3)cc2)C2CC2)NC(=O)NC1. The molecule has 160 valence electrons. The largest absolute Gasteiger partial charge is 0.463 e. The van der Waals surface area contributed by atoms with E-state index in [4.69, 9.17) is 4.74 Å². The van der Waals surface area contributed by atoms with Crippen molar-refractivity contribution in [2.75, 3.05) is 19.7 Å². The quantitative estimate of drug-likeness (QED) is 0.536. The van der Waals surface area contributed by atoms with E-state index in [1.54, 1.807) is 6.92 Å². The lowest BCUT2D eigenvalue weighted by Gasteiger charge is -2.28. The number of hydrogen-bond donors (Lipinski definition) is 3. The maximum absolute atomic E-state index is 12.3. The monoisotopic (exact) mass is 412 g/mol. The molecule has 3 aliphatic rings. The normalized spacial score (nSPS) is 18.7. The fourth-order valence-corrected chi connectivity index (χ4v) is 3.53. The van der Waals surface area contributed by atoms with Crippen LogP contribution < -0.4 is 16.0 Å². The van der Waals surface area contributed by atoms with Gasteiger partial charge in [-0.3, -0.25) is 9.69 Å². The lowest BCUT2D eigenvalue weighted by Crippen LogP contribution is -2.47. The van der Waals surface area contributed by atoms with E-state index in [1.165, 1.54) is 0 Å². The molecule has 4 rings (SSSR count). The van der Waals surface area contributed by atoms with Crippen molar-refractivity contribution in [2.45, 2.75) is 51.2 Å². The number of hydrogen-bond acceptors (Lipinski definition) is 5. The minimum absolute atomic E-state index is 0.0234. The molecule has 0 spiro atoms. The summed E-state index contributed by atoms with van der Waals surface area (Å²) in [4.78, 5) is 38.6. The van der Waals surface area contributed by atoms with E-state index in [1.807, 2.05) is 24.3 Å². The van der Waals surface area contributed by atoms with E-state index in [9.17, 15) is 14.4 Å². The van der Waals surface area contributed by atoms with Gasteiger partial charge >= 0.3 is 12.0 Å². The Morgan fingerprint density at radius 3 is 2.50 bits per heavy atom. The van der Waals surface area contributed by atoms with Gasteiger partial charge in [0.2, 0.25) is 0 Å². The average molecular weight is 412 g/mol. The van der Waals surface area contributed by atoms with Gasteiger partial charge in [0, 0.05) is 36.4 Å². The van der Waals surface area contributed by atoms with Crippen LogP contribution in [0.15, 0.2) is 35.5 Å². The van der Waals surface area contributed by atoms with Gasteiger partial charge in [-0.15, -0.1) is 0 Å². The molecule has 0 saturated heterocycles. The van der Waals surface area contributed by atoms with Crippen LogP contribution in [0.2, 0.25) is 0 Å². The molecule has 3 N–H and O–H groups in total. The van der Waals surface area contributed by atoms with Gasteiger partial charge in [-0.2, -0.15) is 0 Å². The highest BCUT2D eigenvalue weighted by molar-refractivity contribution is 5.94. The third kappa shape index (κ3) is 5.18. The minimum Gasteiger partial charge on any atom is -0.463 e. The Kier molecular flexibility index (Phi) is 6.03. The second kappa shape index (κ2) is 8.87. The van der Waals surface area contributed by atoms with E-state index in [0.717, 1.165) is 31.2 Å². The summed E-state index contributed by atoms with van der Waals surface area (Å²) in [6, 6.07) is 8.11. The van der Waals surface area contributed by atoms with Crippen molar-refractivity contribution in [1.29, 1.82) is 0 Å². The summed E-state index contributed by atoms with van der Waals surface area (Å²) in [6.45, 7) is 3.37. The maximum atomic E-state index is 12.3. The fourth-order valence-electron chi connectivity index (χ4n) is 3.53. The van der Waals surface area contributed by atoms with Crippen molar-refractivity contribution in [3.63, 3.8) is 0 Å². The van der Waals surface area contributed by atoms with Gasteiger partial charge in [-0.25, -0.2) is 9.59 Å². The van der Waals surface area contributed by atoms with Crippen molar-refractivity contribution in [3.8, 4) is 0 Å². The van der Waals surface area contributed by atoms with E-state index >= 15 is 0 Å². The number of rotatable bonds is 9. The molecule has 1 aromatic rings. The van der Waals surface area contributed by atoms with Crippen LogP contribution in [-0.2, 0) is 16.1 Å². The standard InChI is InChI=1S/C22H28N4O4/c1-2-30-21(28)18-11-23-22(29)25-19(18)13-26(17-9-10-17)12-14-3-5-15(6-4-14)20(27)24-16-7-8-16/h3-6,16-17H,2,7-13H2,1H3,(H,24,27)(H2,23,25,29). The number of ether oxygens (including phenoxy) is 1. The molecule has 2 aliphatic carbocycles. The Labute approximate surface area is 176 Å². The highest BCUT2D eigenvalue weighted by atomic mass is 16.5. The molecule has 1 heterocycles. The Bertz CT molecular complexity index is 856. The Morgan fingerprint density at radius 2 is 1.87 bits per heavy atom. The maximum Gasteiger partial charge on any atom is 0.337 e. The second-order valence-electron chi connectivity index (χ2n) is 8.07. The molecule has 1 aliphatic heterocycles. The van der Waals surface area contributed by atoms with Crippen LogP contribution in [0.1, 0.15) is 48.5 Å². The highest BCUT2D eigenvalue weighted by Gasteiger charge is 2.32. The Balaban J connectivity index is 1.45. The third-order valence-corrected chi connectivity index (χ3v) is 5.52. The molecule has 3 amide bonds. The zero-order valence-corrected chi connectivity index (χ0v) is 17.2. The molecule has 0 radical (unpaired) electrons. The van der Waals surface area contributed by atoms with Crippen molar-refractivity contribution < 1.29 is 19.1 Å². The van der Waals surface area contributed by atoms with Gasteiger partial charge in [0.1, 0.15) is 0 Å². The van der Waals surface area contributed by atoms with Crippen LogP contribution in [0.5, 0.6) is 0 Å². The van der Waals surface area contributed by atoms with E-state index in [2.05, 4.69) is 20.9 Å². The van der Waals surface area contributed by atoms with Gasteiger partial charge in [0.25, 0.3) is 5.91 Å². The molecule has 0 aromatic heterocycles. The molecule has 0 bridgehead atoms. The van der Waals surface area contributed by atoms with Gasteiger partial charge in [0.05, 0.1) is 18.7 Å². The zero-order valence-electron chi connectivity index (χ0n) is 17.2. The number of carbonyl (C=O) groups excluding carboxylic acids is 3. The molecular weight excluding hydrogens is 384 g/mol. The predicted octanol–water partition coefficient (Wildman–Crippen LogP) is 1.67. The lowest BCUT2D eigenvalue weighted by molar-refractivity contribution is -0.138. The number of nitrogens with one attached hydrogen (secondary N) is 3. The molecule has 0 unspecified atom stereocenters. The summed E-state index contributed by atoms with van der Waals surface area (Å²) in [7, 11) is 0. The summed E-state index contributed by atoms with van der Waals surface area (Å²) in [5.41, 5.74) is 2.82. The van der Waals surface area contributed by atoms with Crippen LogP contribution in [0, 0.1) is 0 Å². The number of urea groups is 1. The van der Waals surface area contributed by atoms with Crippen molar-refractivity contribution in [2.24, 2.45) is 0 Å². The number of benzene rings is 1. The molecule has 30 heavy (non-hydrogen) atoms. The summed E-state index contributed by atoms with van der Waals surface area (Å²) in [5, 5.41) is 8.42. The van der Waals surface area contributed by atoms with Gasteiger partial charge in [0.15, 0.2) is 0 Å². The topological polar surface area (TPSA) is 99.8 Å². The number of nitrogens with zero attached hydrogens (tertiary/aromatic N) is 1. The lowest BCUT2D eigenvalue weighted by atomic mass is 10.1. The van der Waals surface area contributed by atoms with Crippen molar-refractivity contribution >= 4 is 17.9 Å². The predicted molar refractivity (Wildman–Crippen MR) is 111 cm³/mol. The first-order valence-corrected chi connectivity index (χ1v) is 10.6. The molecule has 1 aromatic carbocycles. The van der Waals surface area contributed by atoms with Crippen molar-refractivity contribution in [3.05, 3.63) is 46.7 Å². The molecule has 0 atom stereocenters. The van der Waals surface area contributed by atoms with Crippen LogP contribution in [0.3, 0.4) is 0 Å². The summed E-state index contributed by atoms with van der Waals surface area (Å²) in [6.07, 6.45) is 4.32. The summed E-state index contributed by atoms with van der Waals surface area (Å²) >= 11 is 0. The number of carbonyl (C=O) groups is 3. The summed E-state index contributed by atoms with van der Waals surface area (Å²) < 4.78 is 5.15. The molecule has 2 saturated carbocycles. The number of esters is 1. The summed E-state index contributed by atoms with van der Waals surface area (Å²) in [5.74, 6) is -0.425. The van der Waals surface area contributed by atoms with Gasteiger partial charge < -0.3 is 20.7 Å². The second-order valence-corrected chi connectivity index (χ2v) is 8.07. The van der Waals surface area contributed by atoms with Gasteiger partial charge in [-0.1, -0.05) is 12.1 Å². The fraction of sp³-hybridized carbons (Fsp3) is 0.500. The minimum atomic E-state index is -0.401. The third-order valence-electron chi connectivity index (χ3n) is 5.52. The first kappa shape index (κ1) is 20.4. The molecule has 8 nitrogen and oxygen atoms in total. The van der Waals surface area contributed by atoms with Crippen LogP contribution in [-0.4, -0.2) is 54.6 Å². The van der Waals surface area contributed by atoms with Crippen LogP contribution >= 0.6 is 0 Å². The van der Waals surface area contributed by atoms with E-state index < -0.39 is 5.97 Å². The first-order chi connectivity index (χ1) is 14.5. The van der Waals surface area contributed by atoms with E-state index in [-0.39, 0.29) is 25.1 Å². The molecule has 2 fully saturated rings. The average Bonchev–Trinajstić information content (AvgIpc) is 3.62. The van der Waals surface area contributed by atoms with E-state index in [0.29, 0.717) is 42.0 Å². The smallest absolute Gasteiger partial charge is 0.337 e. The molecule has 8 heteroatoms.